The number of amides is 1. The predicted octanol–water partition coefficient (Wildman–Crippen LogP) is 5.42. The number of anilines is 1. The van der Waals surface area contributed by atoms with Crippen LogP contribution in [0.5, 0.6) is 5.75 Å². The summed E-state index contributed by atoms with van der Waals surface area (Å²) in [6, 6.07) is 17.1. The van der Waals surface area contributed by atoms with E-state index in [0.29, 0.717) is 4.88 Å². The number of ether oxygens (including phenoxy) is 1. The summed E-state index contributed by atoms with van der Waals surface area (Å²) >= 11 is 4.88. The number of aromatic nitrogens is 2. The Morgan fingerprint density at radius 2 is 1.85 bits per heavy atom. The number of hydrogen-bond acceptors (Lipinski definition) is 4. The van der Waals surface area contributed by atoms with Gasteiger partial charge in [0.2, 0.25) is 0 Å². The standard InChI is InChI=1S/C20H16BrN3O2S/c1-12-17-11-18(19(25)22-14-5-9-16(26-2)10-6-14)27-20(17)24(23-12)15-7-3-13(21)4-8-15/h3-11H,1-2H3,(H,22,25). The Bertz CT molecular complexity index is 1110. The van der Waals surface area contributed by atoms with Gasteiger partial charge in [-0.2, -0.15) is 5.10 Å². The van der Waals surface area contributed by atoms with Crippen LogP contribution in [0, 0.1) is 6.92 Å². The van der Waals surface area contributed by atoms with Gasteiger partial charge in [0, 0.05) is 15.5 Å². The van der Waals surface area contributed by atoms with Crippen LogP contribution in [0.15, 0.2) is 59.1 Å². The number of carbonyl (C=O) groups is 1. The molecule has 0 bridgehead atoms. The topological polar surface area (TPSA) is 56.1 Å². The van der Waals surface area contributed by atoms with Gasteiger partial charge in [-0.05, 0) is 61.5 Å². The minimum Gasteiger partial charge on any atom is -0.497 e. The van der Waals surface area contributed by atoms with Crippen LogP contribution >= 0.6 is 27.3 Å². The number of methoxy groups -OCH3 is 1. The van der Waals surface area contributed by atoms with Gasteiger partial charge in [0.15, 0.2) is 0 Å². The van der Waals surface area contributed by atoms with Crippen LogP contribution in [-0.4, -0.2) is 22.8 Å². The van der Waals surface area contributed by atoms with Gasteiger partial charge in [0.1, 0.15) is 10.6 Å². The van der Waals surface area contributed by atoms with E-state index in [1.807, 2.05) is 66.2 Å². The molecule has 5 nitrogen and oxygen atoms in total. The molecule has 1 amide bonds. The third-order valence-electron chi connectivity index (χ3n) is 4.19. The van der Waals surface area contributed by atoms with E-state index < -0.39 is 0 Å². The molecule has 0 aliphatic carbocycles. The number of benzene rings is 2. The molecule has 136 valence electrons. The molecule has 1 N–H and O–H groups in total. The Hall–Kier alpha value is -2.64. The highest BCUT2D eigenvalue weighted by Crippen LogP contribution is 2.31. The quantitative estimate of drug-likeness (QED) is 0.459. The fourth-order valence-electron chi connectivity index (χ4n) is 2.78. The van der Waals surface area contributed by atoms with Crippen LogP contribution in [0.4, 0.5) is 5.69 Å². The molecule has 2 aromatic heterocycles. The van der Waals surface area contributed by atoms with Gasteiger partial charge in [-0.3, -0.25) is 4.79 Å². The molecule has 2 aromatic carbocycles. The number of fused-ring (bicyclic) bond motifs is 1. The van der Waals surface area contributed by atoms with Crippen molar-refractivity contribution in [3.8, 4) is 11.4 Å². The Morgan fingerprint density at radius 3 is 2.52 bits per heavy atom. The molecule has 0 fully saturated rings. The molecular formula is C20H16BrN3O2S. The molecule has 2 heterocycles. The molecule has 0 spiro atoms. The van der Waals surface area contributed by atoms with E-state index in [-0.39, 0.29) is 5.91 Å². The van der Waals surface area contributed by atoms with E-state index in [9.17, 15) is 4.79 Å². The minimum atomic E-state index is -0.136. The first-order chi connectivity index (χ1) is 13.0. The van der Waals surface area contributed by atoms with E-state index in [4.69, 9.17) is 4.74 Å². The molecule has 27 heavy (non-hydrogen) atoms. The number of thiophene rings is 1. The van der Waals surface area contributed by atoms with Crippen molar-refractivity contribution in [2.75, 3.05) is 12.4 Å². The van der Waals surface area contributed by atoms with Crippen LogP contribution < -0.4 is 10.1 Å². The summed E-state index contributed by atoms with van der Waals surface area (Å²) in [6.45, 7) is 1.95. The van der Waals surface area contributed by atoms with E-state index in [1.165, 1.54) is 11.3 Å². The summed E-state index contributed by atoms with van der Waals surface area (Å²) in [7, 11) is 1.61. The van der Waals surface area contributed by atoms with E-state index >= 15 is 0 Å². The molecule has 4 rings (SSSR count). The first-order valence-electron chi connectivity index (χ1n) is 8.25. The molecule has 7 heteroatoms. The van der Waals surface area contributed by atoms with Crippen molar-refractivity contribution < 1.29 is 9.53 Å². The van der Waals surface area contributed by atoms with Crippen molar-refractivity contribution in [1.29, 1.82) is 0 Å². The average molecular weight is 442 g/mol. The SMILES string of the molecule is COc1ccc(NC(=O)c2cc3c(C)nn(-c4ccc(Br)cc4)c3s2)cc1. The molecule has 4 aromatic rings. The second kappa shape index (κ2) is 7.17. The monoisotopic (exact) mass is 441 g/mol. The van der Waals surface area contributed by atoms with Crippen molar-refractivity contribution in [2.24, 2.45) is 0 Å². The smallest absolute Gasteiger partial charge is 0.265 e. The Labute approximate surface area is 168 Å². The van der Waals surface area contributed by atoms with Gasteiger partial charge in [-0.15, -0.1) is 11.3 Å². The van der Waals surface area contributed by atoms with E-state index in [1.54, 1.807) is 7.11 Å². The molecule has 0 saturated heterocycles. The van der Waals surface area contributed by atoms with Crippen LogP contribution in [-0.2, 0) is 0 Å². The minimum absolute atomic E-state index is 0.136. The Morgan fingerprint density at radius 1 is 1.15 bits per heavy atom. The van der Waals surface area contributed by atoms with Crippen LogP contribution in [0.2, 0.25) is 0 Å². The summed E-state index contributed by atoms with van der Waals surface area (Å²) in [5, 5.41) is 8.53. The fraction of sp³-hybridized carbons (Fsp3) is 0.100. The van der Waals surface area contributed by atoms with E-state index in [0.717, 1.165) is 37.5 Å². The van der Waals surface area contributed by atoms with Gasteiger partial charge in [-0.25, -0.2) is 4.68 Å². The molecule has 0 saturated carbocycles. The summed E-state index contributed by atoms with van der Waals surface area (Å²) < 4.78 is 8.03. The summed E-state index contributed by atoms with van der Waals surface area (Å²) in [4.78, 5) is 14.3. The Kier molecular flexibility index (Phi) is 4.72. The van der Waals surface area contributed by atoms with Crippen molar-refractivity contribution in [2.45, 2.75) is 6.92 Å². The van der Waals surface area contributed by atoms with Crippen molar-refractivity contribution in [3.05, 3.63) is 69.6 Å². The van der Waals surface area contributed by atoms with Crippen LogP contribution in [0.3, 0.4) is 0 Å². The fourth-order valence-corrected chi connectivity index (χ4v) is 4.13. The zero-order chi connectivity index (χ0) is 19.0. The van der Waals surface area contributed by atoms with Crippen molar-refractivity contribution in [3.63, 3.8) is 0 Å². The second-order valence-electron chi connectivity index (χ2n) is 5.99. The lowest BCUT2D eigenvalue weighted by Crippen LogP contribution is -2.10. The number of rotatable bonds is 4. The van der Waals surface area contributed by atoms with Gasteiger partial charge >= 0.3 is 0 Å². The molecule has 0 unspecified atom stereocenters. The number of carbonyl (C=O) groups excluding carboxylic acids is 1. The molecule has 0 radical (unpaired) electrons. The summed E-state index contributed by atoms with van der Waals surface area (Å²) in [5.74, 6) is 0.614. The maximum absolute atomic E-state index is 12.7. The largest absolute Gasteiger partial charge is 0.497 e. The lowest BCUT2D eigenvalue weighted by molar-refractivity contribution is 0.103. The third-order valence-corrected chi connectivity index (χ3v) is 5.83. The number of halogens is 1. The highest BCUT2D eigenvalue weighted by Gasteiger charge is 2.17. The van der Waals surface area contributed by atoms with Crippen LogP contribution in [0.25, 0.3) is 15.9 Å². The first-order valence-corrected chi connectivity index (χ1v) is 9.86. The Balaban J connectivity index is 1.65. The number of nitrogens with zero attached hydrogens (tertiary/aromatic N) is 2. The van der Waals surface area contributed by atoms with Gasteiger partial charge in [-0.1, -0.05) is 15.9 Å². The van der Waals surface area contributed by atoms with Gasteiger partial charge in [0.25, 0.3) is 5.91 Å². The van der Waals surface area contributed by atoms with Crippen molar-refractivity contribution in [1.82, 2.24) is 9.78 Å². The lowest BCUT2D eigenvalue weighted by Gasteiger charge is -2.05. The zero-order valence-corrected chi connectivity index (χ0v) is 17.1. The number of hydrogen-bond donors (Lipinski definition) is 1. The van der Waals surface area contributed by atoms with Crippen molar-refractivity contribution >= 4 is 49.1 Å². The molecular weight excluding hydrogens is 426 g/mol. The van der Waals surface area contributed by atoms with Gasteiger partial charge in [0.05, 0.1) is 23.4 Å². The highest BCUT2D eigenvalue weighted by atomic mass is 79.9. The second-order valence-corrected chi connectivity index (χ2v) is 7.93. The zero-order valence-electron chi connectivity index (χ0n) is 14.7. The first kappa shape index (κ1) is 17.8. The summed E-state index contributed by atoms with van der Waals surface area (Å²) in [5.41, 5.74) is 2.58. The third kappa shape index (κ3) is 3.48. The summed E-state index contributed by atoms with van der Waals surface area (Å²) in [6.07, 6.45) is 0. The maximum Gasteiger partial charge on any atom is 0.265 e. The molecule has 0 atom stereocenters. The highest BCUT2D eigenvalue weighted by molar-refractivity contribution is 9.10. The molecule has 0 aliphatic rings. The van der Waals surface area contributed by atoms with Crippen LogP contribution in [0.1, 0.15) is 15.4 Å². The lowest BCUT2D eigenvalue weighted by atomic mass is 10.2. The maximum atomic E-state index is 12.7. The number of aryl methyl sites for hydroxylation is 1. The van der Waals surface area contributed by atoms with E-state index in [2.05, 4.69) is 26.3 Å². The average Bonchev–Trinajstić information content (AvgIpc) is 3.24. The molecule has 0 aliphatic heterocycles. The number of nitrogens with one attached hydrogen (secondary N) is 1. The normalized spacial score (nSPS) is 10.9. The van der Waals surface area contributed by atoms with Gasteiger partial charge < -0.3 is 10.1 Å². The predicted molar refractivity (Wildman–Crippen MR) is 112 cm³/mol.